The second-order valence-electron chi connectivity index (χ2n) is 3.20. The Morgan fingerprint density at radius 3 is 2.53 bits per heavy atom. The molecule has 0 atom stereocenters. The largest absolute Gasteiger partial charge is 0.269 e. The number of hydrogen-bond donors (Lipinski definition) is 0. The number of halogens is 1. The van der Waals surface area contributed by atoms with Crippen molar-refractivity contribution in [3.63, 3.8) is 0 Å². The number of rotatable bonds is 3. The summed E-state index contributed by atoms with van der Waals surface area (Å²) in [5.41, 5.74) is 1.02. The summed E-state index contributed by atoms with van der Waals surface area (Å²) in [5.74, 6) is 0. The summed E-state index contributed by atoms with van der Waals surface area (Å²) in [7, 11) is 0. The van der Waals surface area contributed by atoms with E-state index < -0.39 is 4.92 Å². The number of non-ortho nitro benzene ring substituents is 1. The summed E-state index contributed by atoms with van der Waals surface area (Å²) in [6.45, 7) is 0. The van der Waals surface area contributed by atoms with Gasteiger partial charge in [0.1, 0.15) is 0 Å². The molecule has 0 N–H and O–H groups in total. The fourth-order valence-corrected chi connectivity index (χ4v) is 2.43. The summed E-state index contributed by atoms with van der Waals surface area (Å²) in [5, 5.41) is 10.5. The molecular weight excluding hydrogens is 304 g/mol. The van der Waals surface area contributed by atoms with Crippen molar-refractivity contribution < 1.29 is 4.92 Å². The van der Waals surface area contributed by atoms with Gasteiger partial charge < -0.3 is 0 Å². The van der Waals surface area contributed by atoms with Gasteiger partial charge in [0.15, 0.2) is 3.92 Å². The molecule has 86 valence electrons. The van der Waals surface area contributed by atoms with E-state index in [9.17, 15) is 10.1 Å². The van der Waals surface area contributed by atoms with Crippen LogP contribution in [0.15, 0.2) is 34.4 Å². The van der Waals surface area contributed by atoms with E-state index >= 15 is 0 Å². The van der Waals surface area contributed by atoms with Gasteiger partial charge in [0, 0.05) is 23.2 Å². The van der Waals surface area contributed by atoms with Crippen LogP contribution in [-0.2, 0) is 0 Å². The van der Waals surface area contributed by atoms with Gasteiger partial charge in [0.2, 0.25) is 0 Å². The van der Waals surface area contributed by atoms with Crippen LogP contribution in [-0.4, -0.2) is 9.91 Å². The molecule has 2 rings (SSSR count). The first kappa shape index (κ1) is 11.9. The van der Waals surface area contributed by atoms with Gasteiger partial charge in [-0.25, -0.2) is 4.98 Å². The lowest BCUT2D eigenvalue weighted by molar-refractivity contribution is -0.384. The van der Waals surface area contributed by atoms with E-state index in [-0.39, 0.29) is 5.69 Å². The Kier molecular flexibility index (Phi) is 3.65. The second-order valence-corrected chi connectivity index (χ2v) is 5.54. The van der Waals surface area contributed by atoms with Crippen LogP contribution in [0.25, 0.3) is 12.2 Å². The molecule has 0 saturated heterocycles. The van der Waals surface area contributed by atoms with Gasteiger partial charge in [-0.2, -0.15) is 0 Å². The van der Waals surface area contributed by atoms with Crippen LogP contribution in [0.4, 0.5) is 5.69 Å². The smallest absolute Gasteiger partial charge is 0.258 e. The van der Waals surface area contributed by atoms with E-state index in [0.29, 0.717) is 0 Å². The molecule has 17 heavy (non-hydrogen) atoms. The van der Waals surface area contributed by atoms with Crippen LogP contribution in [0, 0.1) is 10.1 Å². The summed E-state index contributed by atoms with van der Waals surface area (Å²) < 4.78 is 0.834. The van der Waals surface area contributed by atoms with E-state index in [1.165, 1.54) is 23.5 Å². The van der Waals surface area contributed by atoms with Gasteiger partial charge in [-0.15, -0.1) is 11.3 Å². The summed E-state index contributed by atoms with van der Waals surface area (Å²) in [6.07, 6.45) is 5.57. The first-order valence-electron chi connectivity index (χ1n) is 4.69. The number of nitro benzene ring substituents is 1. The molecule has 1 aromatic carbocycles. The zero-order valence-corrected chi connectivity index (χ0v) is 10.9. The van der Waals surface area contributed by atoms with Crippen molar-refractivity contribution >= 4 is 45.1 Å². The van der Waals surface area contributed by atoms with Gasteiger partial charge >= 0.3 is 0 Å². The highest BCUT2D eigenvalue weighted by Crippen LogP contribution is 2.21. The number of hydrogen-bond acceptors (Lipinski definition) is 4. The fraction of sp³-hybridized carbons (Fsp3) is 0. The van der Waals surface area contributed by atoms with Crippen molar-refractivity contribution in [2.75, 3.05) is 0 Å². The minimum Gasteiger partial charge on any atom is -0.258 e. The van der Waals surface area contributed by atoms with Crippen LogP contribution >= 0.6 is 27.3 Å². The highest BCUT2D eigenvalue weighted by atomic mass is 79.9. The molecule has 1 heterocycles. The third kappa shape index (κ3) is 3.21. The first-order valence-corrected chi connectivity index (χ1v) is 6.30. The maximum absolute atomic E-state index is 10.5. The third-order valence-electron chi connectivity index (χ3n) is 2.04. The van der Waals surface area contributed by atoms with Gasteiger partial charge in [-0.3, -0.25) is 10.1 Å². The maximum Gasteiger partial charge on any atom is 0.269 e. The highest BCUT2D eigenvalue weighted by molar-refractivity contribution is 9.11. The summed E-state index contributed by atoms with van der Waals surface area (Å²) >= 11 is 4.81. The zero-order valence-electron chi connectivity index (χ0n) is 8.54. The maximum atomic E-state index is 10.5. The minimum absolute atomic E-state index is 0.0997. The highest BCUT2D eigenvalue weighted by Gasteiger charge is 2.02. The van der Waals surface area contributed by atoms with Gasteiger partial charge in [-0.1, -0.05) is 6.08 Å². The van der Waals surface area contributed by atoms with E-state index in [1.54, 1.807) is 18.3 Å². The lowest BCUT2D eigenvalue weighted by atomic mass is 10.2. The molecule has 0 aliphatic carbocycles. The van der Waals surface area contributed by atoms with E-state index in [0.717, 1.165) is 14.4 Å². The molecular formula is C11H7BrN2O2S. The fourth-order valence-electron chi connectivity index (χ4n) is 1.23. The first-order chi connectivity index (χ1) is 8.15. The standard InChI is InChI=1S/C11H7BrN2O2S/c12-11-13-7-10(17-11)6-3-8-1-4-9(5-2-8)14(15)16/h1-7H. The van der Waals surface area contributed by atoms with E-state index in [2.05, 4.69) is 20.9 Å². The Hall–Kier alpha value is -1.53. The Labute approximate surface area is 110 Å². The number of benzene rings is 1. The molecule has 0 amide bonds. The topological polar surface area (TPSA) is 56.0 Å². The Morgan fingerprint density at radius 2 is 2.00 bits per heavy atom. The van der Waals surface area contributed by atoms with Crippen LogP contribution in [0.5, 0.6) is 0 Å². The second kappa shape index (κ2) is 5.20. The lowest BCUT2D eigenvalue weighted by Gasteiger charge is -1.92. The molecule has 0 saturated carbocycles. The molecule has 0 spiro atoms. The van der Waals surface area contributed by atoms with Crippen LogP contribution in [0.2, 0.25) is 0 Å². The van der Waals surface area contributed by atoms with Crippen molar-refractivity contribution in [1.82, 2.24) is 4.98 Å². The summed E-state index contributed by atoms with van der Waals surface area (Å²) in [4.78, 5) is 15.1. The van der Waals surface area contributed by atoms with Crippen molar-refractivity contribution in [2.24, 2.45) is 0 Å². The Bertz CT molecular complexity index is 563. The molecule has 0 aliphatic rings. The van der Waals surface area contributed by atoms with Crippen molar-refractivity contribution in [3.05, 3.63) is 54.9 Å². The number of aromatic nitrogens is 1. The number of nitrogens with zero attached hydrogens (tertiary/aromatic N) is 2. The molecule has 0 aliphatic heterocycles. The molecule has 6 heteroatoms. The molecule has 2 aromatic rings. The molecule has 1 aromatic heterocycles. The van der Waals surface area contributed by atoms with E-state index in [4.69, 9.17) is 0 Å². The molecule has 0 unspecified atom stereocenters. The van der Waals surface area contributed by atoms with Crippen LogP contribution in [0.3, 0.4) is 0 Å². The predicted molar refractivity (Wildman–Crippen MR) is 71.8 cm³/mol. The van der Waals surface area contributed by atoms with Crippen molar-refractivity contribution in [1.29, 1.82) is 0 Å². The Morgan fingerprint density at radius 1 is 1.29 bits per heavy atom. The van der Waals surface area contributed by atoms with Crippen LogP contribution < -0.4 is 0 Å². The number of thiazole rings is 1. The van der Waals surface area contributed by atoms with Gasteiger partial charge in [0.05, 0.1) is 4.92 Å². The predicted octanol–water partition coefficient (Wildman–Crippen LogP) is 3.98. The summed E-state index contributed by atoms with van der Waals surface area (Å²) in [6, 6.07) is 6.40. The average Bonchev–Trinajstić information content (AvgIpc) is 2.73. The number of nitro groups is 1. The molecule has 0 bridgehead atoms. The molecule has 4 nitrogen and oxygen atoms in total. The quantitative estimate of drug-likeness (QED) is 0.636. The molecule has 0 radical (unpaired) electrons. The average molecular weight is 311 g/mol. The third-order valence-corrected chi connectivity index (χ3v) is 3.48. The monoisotopic (exact) mass is 310 g/mol. The lowest BCUT2D eigenvalue weighted by Crippen LogP contribution is -1.86. The molecule has 0 fully saturated rings. The Balaban J connectivity index is 2.13. The van der Waals surface area contributed by atoms with Gasteiger partial charge in [0.25, 0.3) is 5.69 Å². The van der Waals surface area contributed by atoms with Crippen molar-refractivity contribution in [2.45, 2.75) is 0 Å². The minimum atomic E-state index is -0.409. The van der Waals surface area contributed by atoms with E-state index in [1.807, 2.05) is 12.2 Å². The zero-order chi connectivity index (χ0) is 12.3. The van der Waals surface area contributed by atoms with Crippen LogP contribution in [0.1, 0.15) is 10.4 Å². The normalized spacial score (nSPS) is 10.9. The van der Waals surface area contributed by atoms with Crippen molar-refractivity contribution in [3.8, 4) is 0 Å². The SMILES string of the molecule is O=[N+]([O-])c1ccc(C=Cc2cnc(Br)s2)cc1. The van der Waals surface area contributed by atoms with Gasteiger partial charge in [-0.05, 0) is 39.7 Å².